The summed E-state index contributed by atoms with van der Waals surface area (Å²) < 4.78 is 7.63. The molecule has 1 unspecified atom stereocenters. The van der Waals surface area contributed by atoms with Gasteiger partial charge in [-0.05, 0) is 69.8 Å². The smallest absolute Gasteiger partial charge is 0.341 e. The van der Waals surface area contributed by atoms with Crippen LogP contribution in [0.2, 0.25) is 5.02 Å². The molecule has 1 N–H and O–H groups in total. The van der Waals surface area contributed by atoms with Crippen molar-refractivity contribution in [1.29, 1.82) is 5.26 Å². The Hall–Kier alpha value is -4.66. The van der Waals surface area contributed by atoms with Crippen molar-refractivity contribution >= 4 is 40.0 Å². The first-order valence-corrected chi connectivity index (χ1v) is 14.9. The number of hydrogen-bond acceptors (Lipinski definition) is 9. The SMILES string of the molecule is CN(C)C1CCN(c2ccc(-n3cc(C(=O)O)c(=O)c4cc(C#N)c(N5CCC[C@@H]5COc5ncccc5Cl)cc43)cn2)C1. The van der Waals surface area contributed by atoms with Crippen molar-refractivity contribution in [3.63, 3.8) is 0 Å². The molecule has 1 aromatic carbocycles. The van der Waals surface area contributed by atoms with E-state index >= 15 is 0 Å². The Bertz CT molecular complexity index is 1820. The number of hydrogen-bond donors (Lipinski definition) is 1. The number of anilines is 2. The fourth-order valence-electron chi connectivity index (χ4n) is 6.11. The average Bonchev–Trinajstić information content (AvgIpc) is 3.71. The Balaban J connectivity index is 1.40. The minimum absolute atomic E-state index is 0.0662. The highest BCUT2D eigenvalue weighted by Crippen LogP contribution is 2.33. The average molecular weight is 614 g/mol. The lowest BCUT2D eigenvalue weighted by atomic mass is 10.0. The summed E-state index contributed by atoms with van der Waals surface area (Å²) >= 11 is 6.24. The van der Waals surface area contributed by atoms with Gasteiger partial charge in [0.1, 0.15) is 29.1 Å². The zero-order valence-corrected chi connectivity index (χ0v) is 25.2. The van der Waals surface area contributed by atoms with E-state index in [9.17, 15) is 20.0 Å². The number of benzene rings is 1. The molecule has 0 radical (unpaired) electrons. The zero-order valence-electron chi connectivity index (χ0n) is 24.5. The summed E-state index contributed by atoms with van der Waals surface area (Å²) in [6, 6.07) is 13.1. The summed E-state index contributed by atoms with van der Waals surface area (Å²) in [5.74, 6) is -0.158. The lowest BCUT2D eigenvalue weighted by molar-refractivity contribution is 0.0695. The lowest BCUT2D eigenvalue weighted by Gasteiger charge is -2.28. The van der Waals surface area contributed by atoms with Gasteiger partial charge >= 0.3 is 5.97 Å². The van der Waals surface area contributed by atoms with Crippen LogP contribution in [-0.2, 0) is 0 Å². The molecular weight excluding hydrogens is 582 g/mol. The molecule has 0 saturated carbocycles. The van der Waals surface area contributed by atoms with Gasteiger partial charge in [0, 0.05) is 43.5 Å². The molecule has 2 aliphatic rings. The molecule has 6 rings (SSSR count). The van der Waals surface area contributed by atoms with Gasteiger partial charge in [0.15, 0.2) is 0 Å². The molecule has 12 heteroatoms. The molecule has 4 aromatic rings. The molecule has 2 atom stereocenters. The number of ether oxygens (including phenoxy) is 1. The van der Waals surface area contributed by atoms with Gasteiger partial charge in [0.25, 0.3) is 0 Å². The molecule has 2 saturated heterocycles. The number of carboxylic acids is 1. The quantitative estimate of drug-likeness (QED) is 0.309. The summed E-state index contributed by atoms with van der Waals surface area (Å²) in [6.07, 6.45) is 7.40. The number of likely N-dealkylation sites (N-methyl/N-ethyl adjacent to an activating group) is 1. The number of pyridine rings is 3. The van der Waals surface area contributed by atoms with Crippen molar-refractivity contribution in [3.05, 3.63) is 81.4 Å². The highest BCUT2D eigenvalue weighted by atomic mass is 35.5. The predicted molar refractivity (Wildman–Crippen MR) is 168 cm³/mol. The fourth-order valence-corrected chi connectivity index (χ4v) is 6.29. The highest BCUT2D eigenvalue weighted by molar-refractivity contribution is 6.31. The first kappa shape index (κ1) is 29.4. The van der Waals surface area contributed by atoms with E-state index in [0.29, 0.717) is 47.0 Å². The summed E-state index contributed by atoms with van der Waals surface area (Å²) in [5, 5.41) is 20.6. The monoisotopic (exact) mass is 613 g/mol. The van der Waals surface area contributed by atoms with Crippen molar-refractivity contribution in [3.8, 4) is 17.6 Å². The third kappa shape index (κ3) is 5.54. The third-order valence-electron chi connectivity index (χ3n) is 8.52. The molecule has 2 aliphatic heterocycles. The van der Waals surface area contributed by atoms with E-state index in [1.54, 1.807) is 35.2 Å². The van der Waals surface area contributed by atoms with Crippen LogP contribution in [-0.4, -0.2) is 82.9 Å². The first-order chi connectivity index (χ1) is 21.2. The van der Waals surface area contributed by atoms with E-state index in [1.165, 1.54) is 12.3 Å². The van der Waals surface area contributed by atoms with Crippen molar-refractivity contribution in [2.24, 2.45) is 0 Å². The Kier molecular flexibility index (Phi) is 8.12. The lowest BCUT2D eigenvalue weighted by Crippen LogP contribution is -2.35. The Morgan fingerprint density at radius 1 is 1.20 bits per heavy atom. The van der Waals surface area contributed by atoms with E-state index < -0.39 is 11.4 Å². The largest absolute Gasteiger partial charge is 0.477 e. The third-order valence-corrected chi connectivity index (χ3v) is 8.81. The zero-order chi connectivity index (χ0) is 31.0. The van der Waals surface area contributed by atoms with Crippen molar-refractivity contribution < 1.29 is 14.6 Å². The van der Waals surface area contributed by atoms with Gasteiger partial charge < -0.3 is 29.1 Å². The number of rotatable bonds is 8. The second-order valence-electron chi connectivity index (χ2n) is 11.4. The van der Waals surface area contributed by atoms with Crippen LogP contribution in [0.15, 0.2) is 59.8 Å². The molecule has 226 valence electrons. The van der Waals surface area contributed by atoms with Crippen LogP contribution in [0.3, 0.4) is 0 Å². The van der Waals surface area contributed by atoms with Crippen LogP contribution in [0.4, 0.5) is 11.5 Å². The molecule has 0 bridgehead atoms. The van der Waals surface area contributed by atoms with Gasteiger partial charge in [-0.15, -0.1) is 0 Å². The maximum Gasteiger partial charge on any atom is 0.341 e. The minimum atomic E-state index is -1.34. The number of aromatic carboxylic acids is 1. The summed E-state index contributed by atoms with van der Waals surface area (Å²) in [6.45, 7) is 2.76. The van der Waals surface area contributed by atoms with E-state index in [4.69, 9.17) is 21.3 Å². The Morgan fingerprint density at radius 2 is 2.05 bits per heavy atom. The second kappa shape index (κ2) is 12.1. The van der Waals surface area contributed by atoms with Crippen molar-refractivity contribution in [2.75, 3.05) is 50.1 Å². The molecule has 0 aliphatic carbocycles. The first-order valence-electron chi connectivity index (χ1n) is 14.5. The molecule has 5 heterocycles. The number of carboxylic acid groups (broad SMARTS) is 1. The van der Waals surface area contributed by atoms with E-state index in [0.717, 1.165) is 38.2 Å². The number of nitriles is 1. The number of carbonyl (C=O) groups is 1. The molecule has 11 nitrogen and oxygen atoms in total. The Labute approximate surface area is 259 Å². The summed E-state index contributed by atoms with van der Waals surface area (Å²) in [7, 11) is 4.15. The highest BCUT2D eigenvalue weighted by Gasteiger charge is 2.29. The standard InChI is InChI=1S/C32H32ClN7O4/c1-37(2)22-9-12-38(17-22)29-8-7-21(16-36-29)40-18-25(32(42)43)30(41)24-13-20(15-34)27(14-28(24)40)39-11-4-5-23(39)19-44-31-26(33)6-3-10-35-31/h3,6-8,10,13-14,16,18,22-23H,4-5,9,11-12,17,19H2,1-2H3,(H,42,43)/t22?,23-/m1/s1. The number of aromatic nitrogens is 3. The van der Waals surface area contributed by atoms with E-state index in [-0.39, 0.29) is 22.6 Å². The fraction of sp³-hybridized carbons (Fsp3) is 0.344. The number of nitrogens with zero attached hydrogens (tertiary/aromatic N) is 7. The van der Waals surface area contributed by atoms with Crippen LogP contribution < -0.4 is 20.0 Å². The van der Waals surface area contributed by atoms with Gasteiger partial charge in [-0.3, -0.25) is 4.79 Å². The summed E-state index contributed by atoms with van der Waals surface area (Å²) in [4.78, 5) is 40.9. The Morgan fingerprint density at radius 3 is 2.73 bits per heavy atom. The maximum absolute atomic E-state index is 13.3. The molecule has 0 amide bonds. The van der Waals surface area contributed by atoms with Crippen molar-refractivity contribution in [1.82, 2.24) is 19.4 Å². The molecule has 3 aromatic heterocycles. The van der Waals surface area contributed by atoms with Gasteiger partial charge in [-0.2, -0.15) is 5.26 Å². The van der Waals surface area contributed by atoms with Gasteiger partial charge in [-0.25, -0.2) is 14.8 Å². The summed E-state index contributed by atoms with van der Waals surface area (Å²) in [5.41, 5.74) is 0.985. The normalized spacial score (nSPS) is 18.2. The number of halogens is 1. The van der Waals surface area contributed by atoms with Gasteiger partial charge in [0.05, 0.1) is 34.7 Å². The predicted octanol–water partition coefficient (Wildman–Crippen LogP) is 4.19. The molecule has 44 heavy (non-hydrogen) atoms. The topological polar surface area (TPSA) is 128 Å². The van der Waals surface area contributed by atoms with Crippen LogP contribution >= 0.6 is 11.6 Å². The van der Waals surface area contributed by atoms with Gasteiger partial charge in [-0.1, -0.05) is 11.6 Å². The van der Waals surface area contributed by atoms with Crippen molar-refractivity contribution in [2.45, 2.75) is 31.3 Å². The molecule has 2 fully saturated rings. The van der Waals surface area contributed by atoms with Gasteiger partial charge in [0.2, 0.25) is 11.3 Å². The van der Waals surface area contributed by atoms with Crippen LogP contribution in [0.1, 0.15) is 35.2 Å². The van der Waals surface area contributed by atoms with E-state index in [2.05, 4.69) is 39.8 Å². The maximum atomic E-state index is 13.3. The number of fused-ring (bicyclic) bond motifs is 1. The minimum Gasteiger partial charge on any atom is -0.477 e. The van der Waals surface area contributed by atoms with E-state index in [1.807, 2.05) is 12.1 Å². The second-order valence-corrected chi connectivity index (χ2v) is 11.8. The molecular formula is C32H32ClN7O4. The van der Waals surface area contributed by atoms with Crippen LogP contribution in [0, 0.1) is 11.3 Å². The van der Waals surface area contributed by atoms with Crippen LogP contribution in [0.25, 0.3) is 16.6 Å². The molecule has 0 spiro atoms. The van der Waals surface area contributed by atoms with Crippen LogP contribution in [0.5, 0.6) is 5.88 Å².